The summed E-state index contributed by atoms with van der Waals surface area (Å²) in [6.07, 6.45) is 4.08. The van der Waals surface area contributed by atoms with E-state index in [4.69, 9.17) is 5.73 Å². The molecule has 1 saturated carbocycles. The van der Waals surface area contributed by atoms with Crippen molar-refractivity contribution in [2.24, 2.45) is 11.7 Å². The van der Waals surface area contributed by atoms with E-state index in [1.807, 2.05) is 0 Å². The molecule has 4 nitrogen and oxygen atoms in total. The van der Waals surface area contributed by atoms with Crippen LogP contribution in [0.4, 0.5) is 0 Å². The van der Waals surface area contributed by atoms with Gasteiger partial charge in [-0.05, 0) is 32.1 Å². The molecule has 0 aromatic carbocycles. The van der Waals surface area contributed by atoms with E-state index >= 15 is 0 Å². The number of nitrogens with zero attached hydrogens (tertiary/aromatic N) is 1. The van der Waals surface area contributed by atoms with Crippen molar-refractivity contribution in [2.45, 2.75) is 57.7 Å². The normalized spacial score (nSPS) is 31.5. The monoisotopic (exact) mass is 239 g/mol. The fraction of sp³-hybridized carbons (Fsp3) is 0.923. The highest BCUT2D eigenvalue weighted by atomic mass is 16.1. The summed E-state index contributed by atoms with van der Waals surface area (Å²) < 4.78 is 0. The standard InChI is InChI=1S/C13H25N3O/c1-9-5-10(2)16(8-9)12(7-14)6-13(17)15-11-3-4-11/h9-12H,3-8,14H2,1-2H3,(H,15,17). The van der Waals surface area contributed by atoms with E-state index in [1.54, 1.807) is 0 Å². The van der Waals surface area contributed by atoms with Crippen molar-refractivity contribution < 1.29 is 4.79 Å². The maximum absolute atomic E-state index is 11.8. The Balaban J connectivity index is 1.84. The van der Waals surface area contributed by atoms with Gasteiger partial charge in [-0.15, -0.1) is 0 Å². The van der Waals surface area contributed by atoms with Crippen molar-refractivity contribution in [3.63, 3.8) is 0 Å². The number of amides is 1. The van der Waals surface area contributed by atoms with Crippen molar-refractivity contribution in [1.29, 1.82) is 0 Å². The molecule has 17 heavy (non-hydrogen) atoms. The molecule has 3 atom stereocenters. The number of nitrogens with two attached hydrogens (primary N) is 1. The first kappa shape index (κ1) is 12.8. The fourth-order valence-corrected chi connectivity index (χ4v) is 2.91. The Labute approximate surface area is 104 Å². The summed E-state index contributed by atoms with van der Waals surface area (Å²) in [5.74, 6) is 0.903. The van der Waals surface area contributed by atoms with Crippen LogP contribution in [0.25, 0.3) is 0 Å². The molecule has 4 heteroatoms. The minimum absolute atomic E-state index is 0.176. The highest BCUT2D eigenvalue weighted by Crippen LogP contribution is 2.25. The highest BCUT2D eigenvalue weighted by Gasteiger charge is 2.33. The average Bonchev–Trinajstić information content (AvgIpc) is 3.00. The molecular weight excluding hydrogens is 214 g/mol. The topological polar surface area (TPSA) is 58.4 Å². The fourth-order valence-electron chi connectivity index (χ4n) is 2.91. The predicted molar refractivity (Wildman–Crippen MR) is 68.6 cm³/mol. The molecular formula is C13H25N3O. The molecule has 0 bridgehead atoms. The van der Waals surface area contributed by atoms with Crippen LogP contribution in [0.1, 0.15) is 39.5 Å². The summed E-state index contributed by atoms with van der Waals surface area (Å²) in [6.45, 7) is 6.17. The van der Waals surface area contributed by atoms with Crippen molar-refractivity contribution in [1.82, 2.24) is 10.2 Å². The van der Waals surface area contributed by atoms with Crippen molar-refractivity contribution in [3.05, 3.63) is 0 Å². The summed E-state index contributed by atoms with van der Waals surface area (Å²) >= 11 is 0. The maximum atomic E-state index is 11.8. The van der Waals surface area contributed by atoms with Crippen molar-refractivity contribution in [3.8, 4) is 0 Å². The SMILES string of the molecule is CC1CC(C)N(C(CN)CC(=O)NC2CC2)C1. The van der Waals surface area contributed by atoms with E-state index in [-0.39, 0.29) is 11.9 Å². The van der Waals surface area contributed by atoms with Crippen LogP contribution in [0, 0.1) is 5.92 Å². The quantitative estimate of drug-likeness (QED) is 0.743. The molecule has 0 spiro atoms. The lowest BCUT2D eigenvalue weighted by molar-refractivity contribution is -0.122. The molecule has 1 aliphatic carbocycles. The molecule has 1 saturated heterocycles. The zero-order valence-corrected chi connectivity index (χ0v) is 11.0. The molecule has 1 amide bonds. The molecule has 98 valence electrons. The number of rotatable bonds is 5. The first-order chi connectivity index (χ1) is 8.10. The Morgan fingerprint density at radius 2 is 2.18 bits per heavy atom. The van der Waals surface area contributed by atoms with Crippen LogP contribution in [-0.4, -0.2) is 42.0 Å². The molecule has 1 heterocycles. The van der Waals surface area contributed by atoms with Crippen LogP contribution < -0.4 is 11.1 Å². The van der Waals surface area contributed by atoms with E-state index in [9.17, 15) is 4.79 Å². The average molecular weight is 239 g/mol. The van der Waals surface area contributed by atoms with Gasteiger partial charge in [-0.3, -0.25) is 9.69 Å². The van der Waals surface area contributed by atoms with Crippen molar-refractivity contribution >= 4 is 5.91 Å². The lowest BCUT2D eigenvalue weighted by atomic mass is 10.1. The van der Waals surface area contributed by atoms with Gasteiger partial charge in [0.05, 0.1) is 0 Å². The first-order valence-electron chi connectivity index (χ1n) is 6.85. The summed E-state index contributed by atoms with van der Waals surface area (Å²) in [4.78, 5) is 14.2. The predicted octanol–water partition coefficient (Wildman–Crippen LogP) is 0.713. The summed E-state index contributed by atoms with van der Waals surface area (Å²) in [5.41, 5.74) is 5.83. The van der Waals surface area contributed by atoms with Crippen LogP contribution in [0.3, 0.4) is 0 Å². The third-order valence-corrected chi connectivity index (χ3v) is 3.94. The van der Waals surface area contributed by atoms with Gasteiger partial charge in [0.2, 0.25) is 5.91 Å². The van der Waals surface area contributed by atoms with Gasteiger partial charge >= 0.3 is 0 Å². The number of hydrogen-bond donors (Lipinski definition) is 2. The smallest absolute Gasteiger partial charge is 0.221 e. The molecule has 3 N–H and O–H groups in total. The largest absolute Gasteiger partial charge is 0.353 e. The van der Waals surface area contributed by atoms with Gasteiger partial charge < -0.3 is 11.1 Å². The molecule has 3 unspecified atom stereocenters. The molecule has 1 aliphatic heterocycles. The summed E-state index contributed by atoms with van der Waals surface area (Å²) in [5, 5.41) is 3.05. The van der Waals surface area contributed by atoms with Crippen LogP contribution in [0.2, 0.25) is 0 Å². The van der Waals surface area contributed by atoms with E-state index in [2.05, 4.69) is 24.1 Å². The van der Waals surface area contributed by atoms with E-state index < -0.39 is 0 Å². The van der Waals surface area contributed by atoms with Gasteiger partial charge in [-0.25, -0.2) is 0 Å². The van der Waals surface area contributed by atoms with E-state index in [0.717, 1.165) is 25.3 Å². The number of likely N-dealkylation sites (tertiary alicyclic amines) is 1. The van der Waals surface area contributed by atoms with Gasteiger partial charge in [-0.2, -0.15) is 0 Å². The third kappa shape index (κ3) is 3.42. The minimum atomic E-state index is 0.176. The second-order valence-electron chi connectivity index (χ2n) is 5.82. The summed E-state index contributed by atoms with van der Waals surface area (Å²) in [6, 6.07) is 1.23. The zero-order valence-electron chi connectivity index (χ0n) is 11.0. The molecule has 0 aromatic rings. The zero-order chi connectivity index (χ0) is 12.4. The Morgan fingerprint density at radius 3 is 2.65 bits per heavy atom. The molecule has 0 radical (unpaired) electrons. The molecule has 2 fully saturated rings. The second-order valence-corrected chi connectivity index (χ2v) is 5.82. The minimum Gasteiger partial charge on any atom is -0.353 e. The van der Waals surface area contributed by atoms with Gasteiger partial charge in [0.25, 0.3) is 0 Å². The van der Waals surface area contributed by atoms with Crippen LogP contribution >= 0.6 is 0 Å². The van der Waals surface area contributed by atoms with Gasteiger partial charge in [0.1, 0.15) is 0 Å². The Bertz CT molecular complexity index is 278. The Hall–Kier alpha value is -0.610. The van der Waals surface area contributed by atoms with Crippen LogP contribution in [0.15, 0.2) is 0 Å². The van der Waals surface area contributed by atoms with Gasteiger partial charge in [0.15, 0.2) is 0 Å². The van der Waals surface area contributed by atoms with Gasteiger partial charge in [-0.1, -0.05) is 6.92 Å². The highest BCUT2D eigenvalue weighted by molar-refractivity contribution is 5.77. The first-order valence-corrected chi connectivity index (χ1v) is 6.85. The molecule has 0 aromatic heterocycles. The van der Waals surface area contributed by atoms with Crippen LogP contribution in [0.5, 0.6) is 0 Å². The van der Waals surface area contributed by atoms with Gasteiger partial charge in [0, 0.05) is 37.6 Å². The summed E-state index contributed by atoms with van der Waals surface area (Å²) in [7, 11) is 0. The Morgan fingerprint density at radius 1 is 1.47 bits per heavy atom. The number of carbonyl (C=O) groups is 1. The number of carbonyl (C=O) groups excluding carboxylic acids is 1. The van der Waals surface area contributed by atoms with Crippen molar-refractivity contribution in [2.75, 3.05) is 13.1 Å². The maximum Gasteiger partial charge on any atom is 0.221 e. The lowest BCUT2D eigenvalue weighted by Gasteiger charge is -2.30. The number of hydrogen-bond acceptors (Lipinski definition) is 3. The molecule has 2 rings (SSSR count). The Kier molecular flexibility index (Phi) is 4.05. The van der Waals surface area contributed by atoms with E-state index in [0.29, 0.717) is 25.0 Å². The number of nitrogens with one attached hydrogen (secondary N) is 1. The second kappa shape index (κ2) is 5.36. The third-order valence-electron chi connectivity index (χ3n) is 3.94. The van der Waals surface area contributed by atoms with Crippen LogP contribution in [-0.2, 0) is 4.79 Å². The van der Waals surface area contributed by atoms with E-state index in [1.165, 1.54) is 6.42 Å². The lowest BCUT2D eigenvalue weighted by Crippen LogP contribution is -2.45. The molecule has 2 aliphatic rings.